The molecule has 1 aromatic carbocycles. The molecule has 1 amide bonds. The van der Waals surface area contributed by atoms with Crippen LogP contribution < -0.4 is 15.4 Å². The fraction of sp³-hybridized carbons (Fsp3) is 0.417. The Balaban J connectivity index is 2.22. The summed E-state index contributed by atoms with van der Waals surface area (Å²) in [6.07, 6.45) is 0.897. The van der Waals surface area contributed by atoms with Gasteiger partial charge in [0.25, 0.3) is 5.91 Å². The summed E-state index contributed by atoms with van der Waals surface area (Å²) in [5.41, 5.74) is 0. The van der Waals surface area contributed by atoms with Crippen LogP contribution in [-0.2, 0) is 4.79 Å². The summed E-state index contributed by atoms with van der Waals surface area (Å²) in [6, 6.07) is 7.08. The molecular formula is C12H17ClN2O2. The average Bonchev–Trinajstić information content (AvgIpc) is 2.34. The van der Waals surface area contributed by atoms with Crippen molar-refractivity contribution in [1.29, 1.82) is 0 Å². The minimum Gasteiger partial charge on any atom is -0.482 e. The Hall–Kier alpha value is -1.26. The standard InChI is InChI=1S/C12H17ClN2O2/c1-14-7-4-8-15-12(16)9-17-11-6-3-2-5-10(11)13/h2-3,5-6,14H,4,7-9H2,1H3,(H,15,16). The fourth-order valence-corrected chi connectivity index (χ4v) is 1.44. The van der Waals surface area contributed by atoms with Gasteiger partial charge >= 0.3 is 0 Å². The SMILES string of the molecule is CNCCCNC(=O)COc1ccccc1Cl. The van der Waals surface area contributed by atoms with Gasteiger partial charge in [0.1, 0.15) is 5.75 Å². The second-order valence-corrected chi connectivity index (χ2v) is 3.93. The lowest BCUT2D eigenvalue weighted by atomic mass is 10.3. The van der Waals surface area contributed by atoms with Crippen LogP contribution >= 0.6 is 11.6 Å². The van der Waals surface area contributed by atoms with Crippen LogP contribution in [0.5, 0.6) is 5.75 Å². The van der Waals surface area contributed by atoms with E-state index in [-0.39, 0.29) is 12.5 Å². The number of carbonyl (C=O) groups is 1. The lowest BCUT2D eigenvalue weighted by Crippen LogP contribution is -2.31. The molecule has 1 rings (SSSR count). The Morgan fingerprint density at radius 1 is 1.35 bits per heavy atom. The molecule has 0 heterocycles. The predicted molar refractivity (Wildman–Crippen MR) is 68.5 cm³/mol. The molecule has 0 aromatic heterocycles. The monoisotopic (exact) mass is 256 g/mol. The second kappa shape index (κ2) is 7.92. The number of ether oxygens (including phenoxy) is 1. The Morgan fingerprint density at radius 2 is 2.12 bits per heavy atom. The summed E-state index contributed by atoms with van der Waals surface area (Å²) in [7, 11) is 1.88. The Labute approximate surface area is 106 Å². The van der Waals surface area contributed by atoms with E-state index in [1.807, 2.05) is 19.2 Å². The van der Waals surface area contributed by atoms with Crippen molar-refractivity contribution in [2.45, 2.75) is 6.42 Å². The van der Waals surface area contributed by atoms with E-state index < -0.39 is 0 Å². The van der Waals surface area contributed by atoms with E-state index in [4.69, 9.17) is 16.3 Å². The predicted octanol–water partition coefficient (Wildman–Crippen LogP) is 1.44. The van der Waals surface area contributed by atoms with Gasteiger partial charge in [0, 0.05) is 6.54 Å². The van der Waals surface area contributed by atoms with Crippen molar-refractivity contribution in [3.05, 3.63) is 29.3 Å². The van der Waals surface area contributed by atoms with Crippen LogP contribution in [-0.4, -0.2) is 32.7 Å². The van der Waals surface area contributed by atoms with Gasteiger partial charge in [-0.1, -0.05) is 23.7 Å². The molecule has 0 atom stereocenters. The van der Waals surface area contributed by atoms with Gasteiger partial charge in [-0.25, -0.2) is 0 Å². The molecule has 0 aliphatic heterocycles. The molecule has 0 bridgehead atoms. The number of nitrogens with one attached hydrogen (secondary N) is 2. The third kappa shape index (κ3) is 5.56. The van der Waals surface area contributed by atoms with Crippen molar-refractivity contribution >= 4 is 17.5 Å². The maximum Gasteiger partial charge on any atom is 0.257 e. The first kappa shape index (κ1) is 13.8. The first-order valence-electron chi connectivity index (χ1n) is 5.52. The third-order valence-electron chi connectivity index (χ3n) is 2.12. The molecule has 0 radical (unpaired) electrons. The second-order valence-electron chi connectivity index (χ2n) is 3.53. The number of amides is 1. The number of rotatable bonds is 7. The summed E-state index contributed by atoms with van der Waals surface area (Å²) in [5.74, 6) is 0.389. The zero-order valence-corrected chi connectivity index (χ0v) is 10.6. The molecule has 5 heteroatoms. The summed E-state index contributed by atoms with van der Waals surface area (Å²) in [5, 5.41) is 6.28. The van der Waals surface area contributed by atoms with E-state index in [2.05, 4.69) is 10.6 Å². The zero-order chi connectivity index (χ0) is 12.5. The quantitative estimate of drug-likeness (QED) is 0.726. The molecular weight excluding hydrogens is 240 g/mol. The number of halogens is 1. The number of carbonyl (C=O) groups excluding carboxylic acids is 1. The summed E-state index contributed by atoms with van der Waals surface area (Å²) < 4.78 is 5.30. The van der Waals surface area contributed by atoms with Gasteiger partial charge in [-0.3, -0.25) is 4.79 Å². The topological polar surface area (TPSA) is 50.4 Å². The molecule has 1 aromatic rings. The van der Waals surface area contributed by atoms with Gasteiger partial charge in [-0.2, -0.15) is 0 Å². The number of hydrogen-bond donors (Lipinski definition) is 2. The van der Waals surface area contributed by atoms with Crippen molar-refractivity contribution in [3.63, 3.8) is 0 Å². The molecule has 0 saturated heterocycles. The van der Waals surface area contributed by atoms with E-state index in [0.717, 1.165) is 13.0 Å². The van der Waals surface area contributed by atoms with Crippen LogP contribution in [0.25, 0.3) is 0 Å². The van der Waals surface area contributed by atoms with E-state index in [0.29, 0.717) is 17.3 Å². The van der Waals surface area contributed by atoms with E-state index in [9.17, 15) is 4.79 Å². The van der Waals surface area contributed by atoms with Crippen molar-refractivity contribution in [3.8, 4) is 5.75 Å². The third-order valence-corrected chi connectivity index (χ3v) is 2.43. The summed E-state index contributed by atoms with van der Waals surface area (Å²) in [4.78, 5) is 11.4. The number of hydrogen-bond acceptors (Lipinski definition) is 3. The van der Waals surface area contributed by atoms with E-state index in [1.165, 1.54) is 0 Å². The summed E-state index contributed by atoms with van der Waals surface area (Å²) >= 11 is 5.89. The van der Waals surface area contributed by atoms with Gasteiger partial charge in [-0.15, -0.1) is 0 Å². The highest BCUT2D eigenvalue weighted by Gasteiger charge is 2.04. The first-order chi connectivity index (χ1) is 8.24. The largest absolute Gasteiger partial charge is 0.482 e. The molecule has 2 N–H and O–H groups in total. The van der Waals surface area contributed by atoms with Crippen LogP contribution in [0.15, 0.2) is 24.3 Å². The molecule has 0 spiro atoms. The van der Waals surface area contributed by atoms with Crippen molar-refractivity contribution < 1.29 is 9.53 Å². The maximum absolute atomic E-state index is 11.4. The van der Waals surface area contributed by atoms with Gasteiger partial charge in [-0.05, 0) is 32.1 Å². The highest BCUT2D eigenvalue weighted by atomic mass is 35.5. The first-order valence-corrected chi connectivity index (χ1v) is 5.90. The molecule has 0 saturated carbocycles. The van der Waals surface area contributed by atoms with Crippen LogP contribution in [0.1, 0.15) is 6.42 Å². The molecule has 0 aliphatic carbocycles. The maximum atomic E-state index is 11.4. The van der Waals surface area contributed by atoms with Crippen LogP contribution in [0.4, 0.5) is 0 Å². The Morgan fingerprint density at radius 3 is 2.82 bits per heavy atom. The van der Waals surface area contributed by atoms with E-state index >= 15 is 0 Å². The van der Waals surface area contributed by atoms with Crippen molar-refractivity contribution in [2.75, 3.05) is 26.7 Å². The van der Waals surface area contributed by atoms with E-state index in [1.54, 1.807) is 12.1 Å². The van der Waals surface area contributed by atoms with Crippen molar-refractivity contribution in [1.82, 2.24) is 10.6 Å². The minimum atomic E-state index is -0.138. The van der Waals surface area contributed by atoms with Gasteiger partial charge in [0.15, 0.2) is 6.61 Å². The molecule has 17 heavy (non-hydrogen) atoms. The molecule has 0 unspecified atom stereocenters. The average molecular weight is 257 g/mol. The minimum absolute atomic E-state index is 0.0106. The van der Waals surface area contributed by atoms with Gasteiger partial charge in [0.2, 0.25) is 0 Å². The van der Waals surface area contributed by atoms with Crippen LogP contribution in [0, 0.1) is 0 Å². The highest BCUT2D eigenvalue weighted by Crippen LogP contribution is 2.22. The lowest BCUT2D eigenvalue weighted by Gasteiger charge is -2.08. The normalized spacial score (nSPS) is 10.0. The van der Waals surface area contributed by atoms with Gasteiger partial charge in [0.05, 0.1) is 5.02 Å². The van der Waals surface area contributed by atoms with Crippen LogP contribution in [0.3, 0.4) is 0 Å². The molecule has 0 aliphatic rings. The van der Waals surface area contributed by atoms with Gasteiger partial charge < -0.3 is 15.4 Å². The highest BCUT2D eigenvalue weighted by molar-refractivity contribution is 6.32. The van der Waals surface area contributed by atoms with Crippen LogP contribution in [0.2, 0.25) is 5.02 Å². The smallest absolute Gasteiger partial charge is 0.257 e. The Kier molecular flexibility index (Phi) is 6.43. The fourth-order valence-electron chi connectivity index (χ4n) is 1.25. The Bertz CT molecular complexity index is 358. The molecule has 0 fully saturated rings. The number of para-hydroxylation sites is 1. The molecule has 94 valence electrons. The molecule has 4 nitrogen and oxygen atoms in total. The zero-order valence-electron chi connectivity index (χ0n) is 9.83. The lowest BCUT2D eigenvalue weighted by molar-refractivity contribution is -0.123. The number of benzene rings is 1. The summed E-state index contributed by atoms with van der Waals surface area (Å²) in [6.45, 7) is 1.51. The van der Waals surface area contributed by atoms with Crippen molar-refractivity contribution in [2.24, 2.45) is 0 Å².